The van der Waals surface area contributed by atoms with Crippen LogP contribution in [0, 0.1) is 16.0 Å². The summed E-state index contributed by atoms with van der Waals surface area (Å²) in [6.07, 6.45) is 0. The lowest BCUT2D eigenvalue weighted by molar-refractivity contribution is -0.384. The lowest BCUT2D eigenvalue weighted by Crippen LogP contribution is -2.60. The molecule has 1 aromatic carbocycles. The SMILES string of the molecule is CC(=O)C1CN(NCc2ccc([N+](=O)[O-])cc2)C1=O. The molecule has 1 unspecified atom stereocenters. The molecule has 1 atom stereocenters. The number of β-lactam (4-membered cyclic amide) rings is 1. The zero-order valence-electron chi connectivity index (χ0n) is 10.3. The molecule has 1 amide bonds. The minimum Gasteiger partial charge on any atom is -0.299 e. The fourth-order valence-electron chi connectivity index (χ4n) is 1.79. The van der Waals surface area contributed by atoms with Crippen molar-refractivity contribution in [1.82, 2.24) is 10.4 Å². The molecule has 1 aromatic rings. The van der Waals surface area contributed by atoms with Crippen molar-refractivity contribution in [2.24, 2.45) is 5.92 Å². The highest BCUT2D eigenvalue weighted by molar-refractivity contribution is 6.04. The van der Waals surface area contributed by atoms with Gasteiger partial charge in [0.15, 0.2) is 0 Å². The van der Waals surface area contributed by atoms with Crippen LogP contribution in [0.25, 0.3) is 0 Å². The Kier molecular flexibility index (Phi) is 3.57. The highest BCUT2D eigenvalue weighted by Crippen LogP contribution is 2.17. The number of hydrazine groups is 1. The van der Waals surface area contributed by atoms with E-state index in [-0.39, 0.29) is 17.4 Å². The number of nitro benzene ring substituents is 1. The van der Waals surface area contributed by atoms with Crippen LogP contribution in [0.15, 0.2) is 24.3 Å². The second kappa shape index (κ2) is 5.15. The van der Waals surface area contributed by atoms with E-state index in [4.69, 9.17) is 0 Å². The summed E-state index contributed by atoms with van der Waals surface area (Å²) in [6.45, 7) is 2.16. The zero-order valence-corrected chi connectivity index (χ0v) is 10.3. The van der Waals surface area contributed by atoms with E-state index < -0.39 is 10.8 Å². The number of ketones is 1. The van der Waals surface area contributed by atoms with Gasteiger partial charge in [-0.15, -0.1) is 0 Å². The molecule has 100 valence electrons. The van der Waals surface area contributed by atoms with Gasteiger partial charge in [-0.25, -0.2) is 5.43 Å². The fraction of sp³-hybridized carbons (Fsp3) is 0.333. The number of nitrogens with zero attached hydrogens (tertiary/aromatic N) is 2. The number of nitro groups is 1. The number of nitrogens with one attached hydrogen (secondary N) is 1. The number of amides is 1. The number of hydrogen-bond acceptors (Lipinski definition) is 5. The third-order valence-corrected chi connectivity index (χ3v) is 3.04. The molecule has 7 heteroatoms. The molecule has 0 aromatic heterocycles. The second-order valence-corrected chi connectivity index (χ2v) is 4.37. The smallest absolute Gasteiger partial charge is 0.269 e. The molecule has 2 rings (SSSR count). The third kappa shape index (κ3) is 2.76. The van der Waals surface area contributed by atoms with Crippen LogP contribution in [-0.4, -0.2) is 28.2 Å². The van der Waals surface area contributed by atoms with Crippen LogP contribution in [0.1, 0.15) is 12.5 Å². The molecular formula is C12H13N3O4. The first-order chi connectivity index (χ1) is 8.99. The quantitative estimate of drug-likeness (QED) is 0.364. The highest BCUT2D eigenvalue weighted by Gasteiger charge is 2.39. The maximum Gasteiger partial charge on any atom is 0.269 e. The fourth-order valence-corrected chi connectivity index (χ4v) is 1.79. The second-order valence-electron chi connectivity index (χ2n) is 4.37. The van der Waals surface area contributed by atoms with Crippen LogP contribution in [0.2, 0.25) is 0 Å². The molecule has 7 nitrogen and oxygen atoms in total. The lowest BCUT2D eigenvalue weighted by atomic mass is 9.97. The van der Waals surface area contributed by atoms with Gasteiger partial charge in [0.2, 0.25) is 5.91 Å². The zero-order chi connectivity index (χ0) is 14.0. The molecule has 0 radical (unpaired) electrons. The van der Waals surface area contributed by atoms with Crippen LogP contribution >= 0.6 is 0 Å². The summed E-state index contributed by atoms with van der Waals surface area (Å²) < 4.78 is 0. The lowest BCUT2D eigenvalue weighted by Gasteiger charge is -2.37. The number of benzene rings is 1. The standard InChI is InChI=1S/C12H13N3O4/c1-8(16)11-7-14(12(11)17)13-6-9-2-4-10(5-3-9)15(18)19/h2-5,11,13H,6-7H2,1H3. The van der Waals surface area contributed by atoms with Crippen LogP contribution in [0.3, 0.4) is 0 Å². The van der Waals surface area contributed by atoms with Crippen molar-refractivity contribution >= 4 is 17.4 Å². The summed E-state index contributed by atoms with van der Waals surface area (Å²) in [5.41, 5.74) is 3.73. The predicted octanol–water partition coefficient (Wildman–Crippen LogP) is 0.647. The summed E-state index contributed by atoms with van der Waals surface area (Å²) in [4.78, 5) is 32.6. The minimum atomic E-state index is -0.524. The van der Waals surface area contributed by atoms with Gasteiger partial charge in [-0.05, 0) is 12.5 Å². The Morgan fingerprint density at radius 1 is 1.47 bits per heavy atom. The van der Waals surface area contributed by atoms with Gasteiger partial charge in [0.1, 0.15) is 11.7 Å². The summed E-state index contributed by atoms with van der Waals surface area (Å²) >= 11 is 0. The first kappa shape index (κ1) is 13.2. The highest BCUT2D eigenvalue weighted by atomic mass is 16.6. The van der Waals surface area contributed by atoms with Crippen LogP contribution in [0.4, 0.5) is 5.69 Å². The Labute approximate surface area is 109 Å². The molecular weight excluding hydrogens is 250 g/mol. The van der Waals surface area contributed by atoms with Crippen LogP contribution in [0.5, 0.6) is 0 Å². The summed E-state index contributed by atoms with van der Waals surface area (Å²) in [5.74, 6) is -0.878. The topological polar surface area (TPSA) is 92.6 Å². The molecule has 1 heterocycles. The van der Waals surface area contributed by atoms with Gasteiger partial charge in [-0.2, -0.15) is 0 Å². The van der Waals surface area contributed by atoms with E-state index in [1.165, 1.54) is 24.1 Å². The van der Waals surface area contributed by atoms with Gasteiger partial charge >= 0.3 is 0 Å². The van der Waals surface area contributed by atoms with Gasteiger partial charge in [-0.3, -0.25) is 24.7 Å². The average Bonchev–Trinajstić information content (AvgIpc) is 2.37. The first-order valence-electron chi connectivity index (χ1n) is 5.77. The number of carbonyl (C=O) groups excluding carboxylic acids is 2. The number of hydrogen-bond donors (Lipinski definition) is 1. The Morgan fingerprint density at radius 3 is 2.58 bits per heavy atom. The maximum atomic E-state index is 11.5. The van der Waals surface area contributed by atoms with Gasteiger partial charge < -0.3 is 0 Å². The van der Waals surface area contributed by atoms with Gasteiger partial charge in [-0.1, -0.05) is 12.1 Å². The maximum absolute atomic E-state index is 11.5. The Hall–Kier alpha value is -2.28. The average molecular weight is 263 g/mol. The molecule has 1 aliphatic rings. The van der Waals surface area contributed by atoms with E-state index in [1.807, 2.05) is 0 Å². The van der Waals surface area contributed by atoms with Crippen LogP contribution in [-0.2, 0) is 16.1 Å². The number of non-ortho nitro benzene ring substituents is 1. The van der Waals surface area contributed by atoms with Crippen molar-refractivity contribution < 1.29 is 14.5 Å². The van der Waals surface area contributed by atoms with E-state index in [1.54, 1.807) is 12.1 Å². The van der Waals surface area contributed by atoms with Crippen LogP contribution < -0.4 is 5.43 Å². The molecule has 1 fully saturated rings. The van der Waals surface area contributed by atoms with E-state index in [0.29, 0.717) is 13.1 Å². The summed E-state index contributed by atoms with van der Waals surface area (Å²) in [6, 6.07) is 6.07. The van der Waals surface area contributed by atoms with E-state index in [0.717, 1.165) is 5.56 Å². The molecule has 0 bridgehead atoms. The van der Waals surface area contributed by atoms with Crippen molar-refractivity contribution in [3.63, 3.8) is 0 Å². The molecule has 1 N–H and O–H groups in total. The van der Waals surface area contributed by atoms with Crippen molar-refractivity contribution in [3.05, 3.63) is 39.9 Å². The molecule has 1 aliphatic heterocycles. The molecule has 0 aliphatic carbocycles. The Morgan fingerprint density at radius 2 is 2.11 bits per heavy atom. The summed E-state index contributed by atoms with van der Waals surface area (Å²) in [7, 11) is 0. The van der Waals surface area contributed by atoms with E-state index in [2.05, 4.69) is 5.43 Å². The molecule has 1 saturated heterocycles. The monoisotopic (exact) mass is 263 g/mol. The number of carbonyl (C=O) groups is 2. The normalized spacial score (nSPS) is 18.1. The minimum absolute atomic E-state index is 0.0282. The van der Waals surface area contributed by atoms with Gasteiger partial charge in [0, 0.05) is 18.7 Å². The van der Waals surface area contributed by atoms with Crippen molar-refractivity contribution in [3.8, 4) is 0 Å². The van der Waals surface area contributed by atoms with Crippen molar-refractivity contribution in [1.29, 1.82) is 0 Å². The molecule has 19 heavy (non-hydrogen) atoms. The first-order valence-corrected chi connectivity index (χ1v) is 5.77. The number of Topliss-reactive ketones (excluding diaryl/α,β-unsaturated/α-hetero) is 1. The molecule has 0 spiro atoms. The van der Waals surface area contributed by atoms with Crippen molar-refractivity contribution in [2.45, 2.75) is 13.5 Å². The Bertz CT molecular complexity index is 526. The van der Waals surface area contributed by atoms with E-state index >= 15 is 0 Å². The van der Waals surface area contributed by atoms with Gasteiger partial charge in [0.25, 0.3) is 5.69 Å². The van der Waals surface area contributed by atoms with E-state index in [9.17, 15) is 19.7 Å². The largest absolute Gasteiger partial charge is 0.299 e. The Balaban J connectivity index is 1.85. The predicted molar refractivity (Wildman–Crippen MR) is 65.8 cm³/mol. The van der Waals surface area contributed by atoms with Gasteiger partial charge in [0.05, 0.1) is 11.5 Å². The molecule has 0 saturated carbocycles. The number of rotatable bonds is 5. The summed E-state index contributed by atoms with van der Waals surface area (Å²) in [5, 5.41) is 11.9. The van der Waals surface area contributed by atoms with Crippen molar-refractivity contribution in [2.75, 3.05) is 6.54 Å². The third-order valence-electron chi connectivity index (χ3n) is 3.04.